The number of hydrogen-bond donors (Lipinski definition) is 0. The SMILES string of the molecule is C#Cc1cccc2c1[C@H](c1c(C)cc3c(N4CC5CCC(C5)C4)nc(OCC45CCCN4C(COC(=O)N(C)C)CC5)nc3c1C)C[C@H](C)C2. The van der Waals surface area contributed by atoms with Crippen molar-refractivity contribution in [3.05, 3.63) is 57.6 Å². The van der Waals surface area contributed by atoms with Gasteiger partial charge in [0.05, 0.1) is 11.1 Å². The molecule has 2 bridgehead atoms. The average molecular weight is 676 g/mol. The Bertz CT molecular complexity index is 1840. The number of benzene rings is 2. The summed E-state index contributed by atoms with van der Waals surface area (Å²) in [4.78, 5) is 29.3. The van der Waals surface area contributed by atoms with Crippen LogP contribution in [0, 0.1) is 43.9 Å². The highest BCUT2D eigenvalue weighted by Gasteiger charge is 2.50. The molecule has 1 amide bonds. The van der Waals surface area contributed by atoms with Crippen LogP contribution in [-0.4, -0.2) is 84.4 Å². The zero-order chi connectivity index (χ0) is 34.7. The number of nitrogens with zero attached hydrogens (tertiary/aromatic N) is 5. The van der Waals surface area contributed by atoms with E-state index in [9.17, 15) is 4.79 Å². The van der Waals surface area contributed by atoms with Gasteiger partial charge in [-0.3, -0.25) is 4.90 Å². The molecule has 1 aromatic heterocycles. The molecule has 264 valence electrons. The minimum atomic E-state index is -0.284. The van der Waals surface area contributed by atoms with Gasteiger partial charge in [-0.1, -0.05) is 25.0 Å². The van der Waals surface area contributed by atoms with Crippen LogP contribution in [0.4, 0.5) is 10.6 Å². The molecule has 50 heavy (non-hydrogen) atoms. The van der Waals surface area contributed by atoms with Gasteiger partial charge in [0, 0.05) is 50.1 Å². The maximum atomic E-state index is 12.2. The van der Waals surface area contributed by atoms with E-state index in [4.69, 9.17) is 25.9 Å². The fourth-order valence-electron chi connectivity index (χ4n) is 10.7. The predicted molar refractivity (Wildman–Crippen MR) is 198 cm³/mol. The highest BCUT2D eigenvalue weighted by Crippen LogP contribution is 2.47. The smallest absolute Gasteiger partial charge is 0.409 e. The van der Waals surface area contributed by atoms with Gasteiger partial charge < -0.3 is 19.3 Å². The summed E-state index contributed by atoms with van der Waals surface area (Å²) >= 11 is 0. The second-order valence-corrected chi connectivity index (χ2v) is 16.5. The van der Waals surface area contributed by atoms with E-state index in [0.29, 0.717) is 25.1 Å². The second kappa shape index (κ2) is 13.1. The summed E-state index contributed by atoms with van der Waals surface area (Å²) in [6.45, 7) is 10.9. The number of ether oxygens (including phenoxy) is 2. The van der Waals surface area contributed by atoms with Crippen molar-refractivity contribution in [3.8, 4) is 18.4 Å². The van der Waals surface area contributed by atoms with E-state index in [1.54, 1.807) is 14.1 Å². The van der Waals surface area contributed by atoms with Crippen LogP contribution in [0.3, 0.4) is 0 Å². The van der Waals surface area contributed by atoms with E-state index in [0.717, 1.165) is 92.3 Å². The van der Waals surface area contributed by atoms with Gasteiger partial charge in [0.25, 0.3) is 0 Å². The summed E-state index contributed by atoms with van der Waals surface area (Å²) in [5.41, 5.74) is 8.50. The topological polar surface area (TPSA) is 71.0 Å². The minimum Gasteiger partial charge on any atom is -0.461 e. The fraction of sp³-hybridized carbons (Fsp3) is 0.595. The van der Waals surface area contributed by atoms with Crippen molar-refractivity contribution in [2.45, 2.75) is 96.1 Å². The Balaban J connectivity index is 1.17. The molecule has 6 atom stereocenters. The van der Waals surface area contributed by atoms with Crippen molar-refractivity contribution in [1.82, 2.24) is 19.8 Å². The zero-order valence-electron chi connectivity index (χ0n) is 30.6. The molecule has 4 heterocycles. The molecule has 2 aromatic carbocycles. The van der Waals surface area contributed by atoms with Gasteiger partial charge in [-0.25, -0.2) is 4.79 Å². The number of carbonyl (C=O) groups is 1. The molecule has 8 nitrogen and oxygen atoms in total. The van der Waals surface area contributed by atoms with Gasteiger partial charge in [-0.15, -0.1) is 6.42 Å². The van der Waals surface area contributed by atoms with Crippen LogP contribution < -0.4 is 9.64 Å². The maximum Gasteiger partial charge on any atom is 0.409 e. The van der Waals surface area contributed by atoms with Gasteiger partial charge in [-0.2, -0.15) is 9.97 Å². The number of anilines is 1. The lowest BCUT2D eigenvalue weighted by Crippen LogP contribution is -2.48. The summed E-state index contributed by atoms with van der Waals surface area (Å²) in [6.07, 6.45) is 16.1. The molecule has 3 saturated heterocycles. The van der Waals surface area contributed by atoms with E-state index in [2.05, 4.69) is 60.8 Å². The van der Waals surface area contributed by atoms with Crippen LogP contribution in [0.25, 0.3) is 10.9 Å². The molecular formula is C42H53N5O3. The van der Waals surface area contributed by atoms with E-state index in [1.807, 2.05) is 0 Å². The molecule has 3 aromatic rings. The van der Waals surface area contributed by atoms with E-state index in [-0.39, 0.29) is 23.6 Å². The van der Waals surface area contributed by atoms with Crippen molar-refractivity contribution in [2.75, 3.05) is 51.8 Å². The van der Waals surface area contributed by atoms with E-state index in [1.165, 1.54) is 52.0 Å². The first kappa shape index (κ1) is 33.3. The molecule has 3 aliphatic heterocycles. The maximum absolute atomic E-state index is 12.2. The Kier molecular flexibility index (Phi) is 8.70. The van der Waals surface area contributed by atoms with Gasteiger partial charge in [0.2, 0.25) is 0 Å². The number of aryl methyl sites for hydroxylation is 2. The lowest BCUT2D eigenvalue weighted by atomic mass is 9.71. The molecule has 0 spiro atoms. The Morgan fingerprint density at radius 1 is 1.08 bits per heavy atom. The molecule has 8 heteroatoms. The molecule has 2 aliphatic carbocycles. The standard InChI is InChI=1S/C42H53N5O3/c1-7-31-10-8-11-32-18-26(2)19-34(37(31)32)36-27(3)20-35-38(28(36)4)43-40(44-39(35)46-22-29-12-13-30(21-29)23-46)50-25-42-15-9-17-47(42)33(14-16-42)24-49-41(48)45(5)6/h1,8,10-11,20,26,29-30,33-34H,9,12-19,21-25H2,2-6H3/t26-,29?,30?,33?,34+,42?/m1/s1. The van der Waals surface area contributed by atoms with Crippen molar-refractivity contribution < 1.29 is 14.3 Å². The van der Waals surface area contributed by atoms with Crippen LogP contribution in [-0.2, 0) is 11.2 Å². The van der Waals surface area contributed by atoms with Crippen LogP contribution in [0.2, 0.25) is 0 Å². The third-order valence-electron chi connectivity index (χ3n) is 12.9. The highest BCUT2D eigenvalue weighted by molar-refractivity contribution is 5.94. The molecule has 0 N–H and O–H groups in total. The lowest BCUT2D eigenvalue weighted by Gasteiger charge is -2.36. The van der Waals surface area contributed by atoms with Crippen LogP contribution in [0.1, 0.15) is 97.6 Å². The number of terminal acetylenes is 1. The number of rotatable bonds is 7. The summed E-state index contributed by atoms with van der Waals surface area (Å²) in [6, 6.07) is 9.55. The summed E-state index contributed by atoms with van der Waals surface area (Å²) < 4.78 is 12.4. The number of piperidine rings is 1. The Hall–Kier alpha value is -3.83. The molecule has 4 unspecified atom stereocenters. The predicted octanol–water partition coefficient (Wildman–Crippen LogP) is 7.25. The van der Waals surface area contributed by atoms with Crippen LogP contribution >= 0.6 is 0 Å². The normalized spacial score (nSPS) is 28.7. The fourth-order valence-corrected chi connectivity index (χ4v) is 10.7. The summed E-state index contributed by atoms with van der Waals surface area (Å²) in [5, 5.41) is 1.14. The quantitative estimate of drug-likeness (QED) is 0.244. The first-order chi connectivity index (χ1) is 24.1. The summed E-state index contributed by atoms with van der Waals surface area (Å²) in [5.74, 6) is 6.30. The van der Waals surface area contributed by atoms with E-state index < -0.39 is 0 Å². The van der Waals surface area contributed by atoms with Crippen molar-refractivity contribution >= 4 is 22.8 Å². The third-order valence-corrected chi connectivity index (χ3v) is 12.9. The van der Waals surface area contributed by atoms with Crippen LogP contribution in [0.15, 0.2) is 24.3 Å². The number of carbonyl (C=O) groups excluding carboxylic acids is 1. The molecule has 8 rings (SSSR count). The van der Waals surface area contributed by atoms with E-state index >= 15 is 0 Å². The minimum absolute atomic E-state index is 0.0844. The molecule has 5 aliphatic rings. The average Bonchev–Trinajstić information content (AvgIpc) is 3.78. The number of hydrogen-bond acceptors (Lipinski definition) is 7. The van der Waals surface area contributed by atoms with Gasteiger partial charge in [0.1, 0.15) is 19.0 Å². The lowest BCUT2D eigenvalue weighted by molar-refractivity contribution is 0.0484. The number of aromatic nitrogens is 2. The molecule has 4 fully saturated rings. The van der Waals surface area contributed by atoms with Crippen molar-refractivity contribution in [2.24, 2.45) is 17.8 Å². The van der Waals surface area contributed by atoms with Gasteiger partial charge >= 0.3 is 12.1 Å². The molecular weight excluding hydrogens is 622 g/mol. The first-order valence-corrected chi connectivity index (χ1v) is 19.0. The first-order valence-electron chi connectivity index (χ1n) is 19.0. The number of fused-ring (bicyclic) bond motifs is 5. The van der Waals surface area contributed by atoms with Gasteiger partial charge in [0.15, 0.2) is 0 Å². The summed E-state index contributed by atoms with van der Waals surface area (Å²) in [7, 11) is 3.46. The Morgan fingerprint density at radius 2 is 1.88 bits per heavy atom. The van der Waals surface area contributed by atoms with Crippen molar-refractivity contribution in [3.63, 3.8) is 0 Å². The Labute approximate surface area is 297 Å². The largest absolute Gasteiger partial charge is 0.461 e. The second-order valence-electron chi connectivity index (χ2n) is 16.5. The Morgan fingerprint density at radius 3 is 2.64 bits per heavy atom. The zero-order valence-corrected chi connectivity index (χ0v) is 30.6. The third kappa shape index (κ3) is 5.80. The van der Waals surface area contributed by atoms with Crippen molar-refractivity contribution in [1.29, 1.82) is 0 Å². The number of amides is 1. The van der Waals surface area contributed by atoms with Gasteiger partial charge in [-0.05, 0) is 136 Å². The monoisotopic (exact) mass is 675 g/mol. The highest BCUT2D eigenvalue weighted by atomic mass is 16.6. The molecule has 0 radical (unpaired) electrons. The molecule has 1 saturated carbocycles. The van der Waals surface area contributed by atoms with Crippen LogP contribution in [0.5, 0.6) is 6.01 Å².